The largest absolute Gasteiger partial charge is 0.317 e. The normalized spacial score (nSPS) is 17.6. The van der Waals surface area contributed by atoms with E-state index in [1.54, 1.807) is 0 Å². The van der Waals surface area contributed by atoms with E-state index in [2.05, 4.69) is 47.8 Å². The van der Waals surface area contributed by atoms with E-state index in [-0.39, 0.29) is 12.4 Å². The molecule has 0 unspecified atom stereocenters. The molecule has 0 spiro atoms. The molecular formula is C13H18ClN. The Bertz CT molecular complexity index is 289. The lowest BCUT2D eigenvalue weighted by atomic mass is 9.97. The lowest BCUT2D eigenvalue weighted by Crippen LogP contribution is -2.26. The Morgan fingerprint density at radius 3 is 2.40 bits per heavy atom. The van der Waals surface area contributed by atoms with Gasteiger partial charge in [-0.3, -0.25) is 0 Å². The van der Waals surface area contributed by atoms with Crippen molar-refractivity contribution in [2.45, 2.75) is 12.8 Å². The van der Waals surface area contributed by atoms with E-state index in [0.717, 1.165) is 5.92 Å². The minimum atomic E-state index is 0. The number of halogens is 1. The Morgan fingerprint density at radius 1 is 1.07 bits per heavy atom. The summed E-state index contributed by atoms with van der Waals surface area (Å²) in [4.78, 5) is 0. The van der Waals surface area contributed by atoms with Crippen LogP contribution in [0.15, 0.2) is 36.4 Å². The predicted molar refractivity (Wildman–Crippen MR) is 68.3 cm³/mol. The Labute approximate surface area is 98.0 Å². The molecule has 0 radical (unpaired) electrons. The van der Waals surface area contributed by atoms with Crippen molar-refractivity contribution in [1.82, 2.24) is 5.32 Å². The van der Waals surface area contributed by atoms with Crippen LogP contribution in [0.4, 0.5) is 0 Å². The highest BCUT2D eigenvalue weighted by Crippen LogP contribution is 2.14. The quantitative estimate of drug-likeness (QED) is 0.813. The van der Waals surface area contributed by atoms with Crippen LogP contribution in [0.5, 0.6) is 0 Å². The van der Waals surface area contributed by atoms with Crippen LogP contribution >= 0.6 is 12.4 Å². The Morgan fingerprint density at radius 2 is 1.73 bits per heavy atom. The van der Waals surface area contributed by atoms with Crippen LogP contribution in [0.25, 0.3) is 6.08 Å². The van der Waals surface area contributed by atoms with E-state index in [0.29, 0.717) is 0 Å². The first-order chi connectivity index (χ1) is 6.95. The summed E-state index contributed by atoms with van der Waals surface area (Å²) in [7, 11) is 0. The molecule has 1 heterocycles. The van der Waals surface area contributed by atoms with Crippen molar-refractivity contribution in [3.8, 4) is 0 Å². The van der Waals surface area contributed by atoms with Crippen molar-refractivity contribution < 1.29 is 0 Å². The summed E-state index contributed by atoms with van der Waals surface area (Å²) >= 11 is 0. The highest BCUT2D eigenvalue weighted by Gasteiger charge is 2.08. The molecule has 1 N–H and O–H groups in total. The minimum absolute atomic E-state index is 0. The number of nitrogens with one attached hydrogen (secondary N) is 1. The molecule has 1 fully saturated rings. The van der Waals surface area contributed by atoms with E-state index in [4.69, 9.17) is 0 Å². The van der Waals surface area contributed by atoms with E-state index in [1.165, 1.54) is 31.5 Å². The van der Waals surface area contributed by atoms with Crippen molar-refractivity contribution in [2.75, 3.05) is 13.1 Å². The highest BCUT2D eigenvalue weighted by molar-refractivity contribution is 5.85. The lowest BCUT2D eigenvalue weighted by Gasteiger charge is -2.19. The van der Waals surface area contributed by atoms with Crippen LogP contribution in [0.3, 0.4) is 0 Å². The van der Waals surface area contributed by atoms with Crippen molar-refractivity contribution in [1.29, 1.82) is 0 Å². The van der Waals surface area contributed by atoms with Crippen LogP contribution in [0, 0.1) is 5.92 Å². The van der Waals surface area contributed by atoms with E-state index >= 15 is 0 Å². The van der Waals surface area contributed by atoms with Gasteiger partial charge in [-0.1, -0.05) is 42.5 Å². The molecule has 1 aromatic carbocycles. The van der Waals surface area contributed by atoms with Gasteiger partial charge in [0, 0.05) is 0 Å². The van der Waals surface area contributed by atoms with Gasteiger partial charge in [0.05, 0.1) is 0 Å². The van der Waals surface area contributed by atoms with Gasteiger partial charge in [-0.15, -0.1) is 12.4 Å². The zero-order chi connectivity index (χ0) is 9.64. The number of hydrogen-bond donors (Lipinski definition) is 1. The third-order valence-corrected chi connectivity index (χ3v) is 2.74. The first-order valence-corrected chi connectivity index (χ1v) is 5.39. The molecule has 0 bridgehead atoms. The summed E-state index contributed by atoms with van der Waals surface area (Å²) in [6.45, 7) is 2.34. The van der Waals surface area contributed by atoms with Crippen LogP contribution in [0.1, 0.15) is 18.4 Å². The number of piperidine rings is 1. The smallest absolute Gasteiger partial charge is 0.00433 e. The topological polar surface area (TPSA) is 12.0 Å². The maximum Gasteiger partial charge on any atom is -0.00433 e. The fourth-order valence-corrected chi connectivity index (χ4v) is 1.85. The zero-order valence-electron chi connectivity index (χ0n) is 8.86. The van der Waals surface area contributed by atoms with Gasteiger partial charge < -0.3 is 5.32 Å². The fraction of sp³-hybridized carbons (Fsp3) is 0.385. The van der Waals surface area contributed by atoms with Gasteiger partial charge in [-0.05, 0) is 37.4 Å². The molecule has 0 aromatic heterocycles. The Balaban J connectivity index is 0.00000112. The summed E-state index contributed by atoms with van der Waals surface area (Å²) in [6.07, 6.45) is 7.17. The molecule has 0 saturated carbocycles. The van der Waals surface area contributed by atoms with Crippen molar-refractivity contribution in [2.24, 2.45) is 5.92 Å². The number of allylic oxidation sites excluding steroid dienone is 1. The molecule has 1 aliphatic heterocycles. The summed E-state index contributed by atoms with van der Waals surface area (Å²) in [5, 5.41) is 3.38. The lowest BCUT2D eigenvalue weighted by molar-refractivity contribution is 0.438. The van der Waals surface area contributed by atoms with E-state index < -0.39 is 0 Å². The highest BCUT2D eigenvalue weighted by atomic mass is 35.5. The van der Waals surface area contributed by atoms with Gasteiger partial charge in [0.1, 0.15) is 0 Å². The van der Waals surface area contributed by atoms with Gasteiger partial charge in [-0.25, -0.2) is 0 Å². The molecule has 2 rings (SSSR count). The average molecular weight is 224 g/mol. The molecule has 15 heavy (non-hydrogen) atoms. The van der Waals surface area contributed by atoms with Gasteiger partial charge in [0.15, 0.2) is 0 Å². The maximum absolute atomic E-state index is 3.38. The van der Waals surface area contributed by atoms with Gasteiger partial charge in [0.25, 0.3) is 0 Å². The summed E-state index contributed by atoms with van der Waals surface area (Å²) in [5.74, 6) is 0.774. The van der Waals surface area contributed by atoms with E-state index in [1.807, 2.05) is 0 Å². The number of benzene rings is 1. The van der Waals surface area contributed by atoms with Crippen LogP contribution in [-0.2, 0) is 0 Å². The fourth-order valence-electron chi connectivity index (χ4n) is 1.85. The van der Waals surface area contributed by atoms with Crippen LogP contribution in [0.2, 0.25) is 0 Å². The predicted octanol–water partition coefficient (Wildman–Crippen LogP) is 3.12. The number of rotatable bonds is 2. The molecule has 0 aliphatic carbocycles. The molecule has 2 heteroatoms. The second-order valence-corrected chi connectivity index (χ2v) is 3.86. The average Bonchev–Trinajstić information content (AvgIpc) is 2.29. The van der Waals surface area contributed by atoms with E-state index in [9.17, 15) is 0 Å². The van der Waals surface area contributed by atoms with Crippen LogP contribution in [-0.4, -0.2) is 13.1 Å². The molecule has 1 nitrogen and oxygen atoms in total. The van der Waals surface area contributed by atoms with Gasteiger partial charge >= 0.3 is 0 Å². The molecule has 1 aromatic rings. The molecule has 82 valence electrons. The minimum Gasteiger partial charge on any atom is -0.317 e. The molecule has 1 aliphatic rings. The van der Waals surface area contributed by atoms with Gasteiger partial charge in [0.2, 0.25) is 0 Å². The van der Waals surface area contributed by atoms with Crippen LogP contribution < -0.4 is 5.32 Å². The van der Waals surface area contributed by atoms with Crippen molar-refractivity contribution in [3.63, 3.8) is 0 Å². The Hall–Kier alpha value is -0.790. The molecular weight excluding hydrogens is 206 g/mol. The van der Waals surface area contributed by atoms with Gasteiger partial charge in [-0.2, -0.15) is 0 Å². The monoisotopic (exact) mass is 223 g/mol. The third kappa shape index (κ3) is 4.06. The maximum atomic E-state index is 3.38. The SMILES string of the molecule is C(=C\C1CCNCC1)/c1ccccc1.Cl. The number of hydrogen-bond acceptors (Lipinski definition) is 1. The standard InChI is InChI=1S/C13H17N.ClH/c1-2-4-12(5-3-1)6-7-13-8-10-14-11-9-13;/h1-7,13-14H,8-11H2;1H/b7-6+;. The van der Waals surface area contributed by atoms with Crippen molar-refractivity contribution >= 4 is 18.5 Å². The summed E-state index contributed by atoms with van der Waals surface area (Å²) in [6, 6.07) is 10.5. The molecule has 1 saturated heterocycles. The third-order valence-electron chi connectivity index (χ3n) is 2.74. The molecule has 0 amide bonds. The first kappa shape index (κ1) is 12.3. The summed E-state index contributed by atoms with van der Waals surface area (Å²) < 4.78 is 0. The Kier molecular flexibility index (Phi) is 5.44. The second-order valence-electron chi connectivity index (χ2n) is 3.86. The van der Waals surface area contributed by atoms with Crippen molar-refractivity contribution in [3.05, 3.63) is 42.0 Å². The molecule has 0 atom stereocenters. The zero-order valence-corrected chi connectivity index (χ0v) is 9.67. The first-order valence-electron chi connectivity index (χ1n) is 5.39. The summed E-state index contributed by atoms with van der Waals surface area (Å²) in [5.41, 5.74) is 1.31. The second kappa shape index (κ2) is 6.65.